The lowest BCUT2D eigenvalue weighted by Gasteiger charge is -2.23. The van der Waals surface area contributed by atoms with Gasteiger partial charge in [-0.3, -0.25) is 9.59 Å². The molecule has 1 rings (SSSR count). The molecule has 0 aliphatic carbocycles. The largest absolute Gasteiger partial charge is 0.465 e. The fraction of sp³-hybridized carbons (Fsp3) is 0.875. The summed E-state index contributed by atoms with van der Waals surface area (Å²) in [4.78, 5) is 23.2. The molecule has 4 nitrogen and oxygen atoms in total. The van der Waals surface area contributed by atoms with E-state index in [0.29, 0.717) is 26.1 Å². The van der Waals surface area contributed by atoms with Crippen LogP contribution in [0.25, 0.3) is 0 Å². The van der Waals surface area contributed by atoms with E-state index < -0.39 is 0 Å². The lowest BCUT2D eigenvalue weighted by Crippen LogP contribution is -2.28. The quantitative estimate of drug-likeness (QED) is 0.637. The van der Waals surface area contributed by atoms with Crippen LogP contribution in [-0.2, 0) is 19.1 Å². The normalized spacial score (nSPS) is 23.7. The second kappa shape index (κ2) is 8.98. The Kier molecular flexibility index (Phi) is 7.63. The van der Waals surface area contributed by atoms with E-state index in [4.69, 9.17) is 9.47 Å². The third-order valence-corrected chi connectivity index (χ3v) is 3.51. The monoisotopic (exact) mass is 284 g/mol. The van der Waals surface area contributed by atoms with Gasteiger partial charge in [0.1, 0.15) is 0 Å². The van der Waals surface area contributed by atoms with Gasteiger partial charge in [0.15, 0.2) is 0 Å². The van der Waals surface area contributed by atoms with E-state index in [0.717, 1.165) is 38.5 Å². The summed E-state index contributed by atoms with van der Waals surface area (Å²) in [5, 5.41) is 0. The van der Waals surface area contributed by atoms with Gasteiger partial charge in [-0.05, 0) is 12.8 Å². The predicted molar refractivity (Wildman–Crippen MR) is 77.3 cm³/mol. The maximum atomic E-state index is 11.6. The minimum Gasteiger partial charge on any atom is -0.465 e. The number of esters is 2. The first-order chi connectivity index (χ1) is 9.49. The van der Waals surface area contributed by atoms with Gasteiger partial charge in [-0.15, -0.1) is 0 Å². The standard InChI is InChI=1S/C16H28O4/c1-16(2)12-19-14(17)10-8-6-4-3-5-7-9-11-15(18)20-13-16/h3-13H2,1-2H3. The highest BCUT2D eigenvalue weighted by Gasteiger charge is 2.22. The van der Waals surface area contributed by atoms with E-state index in [-0.39, 0.29) is 17.4 Å². The van der Waals surface area contributed by atoms with Crippen LogP contribution in [0.1, 0.15) is 71.6 Å². The Labute approximate surface area is 122 Å². The highest BCUT2D eigenvalue weighted by Crippen LogP contribution is 2.18. The van der Waals surface area contributed by atoms with Crippen LogP contribution in [0.15, 0.2) is 0 Å². The maximum Gasteiger partial charge on any atom is 0.305 e. The molecule has 0 aromatic heterocycles. The van der Waals surface area contributed by atoms with E-state index in [2.05, 4.69) is 0 Å². The lowest BCUT2D eigenvalue weighted by atomic mass is 9.96. The van der Waals surface area contributed by atoms with Crippen molar-refractivity contribution in [1.82, 2.24) is 0 Å². The van der Waals surface area contributed by atoms with Crippen molar-refractivity contribution in [2.75, 3.05) is 13.2 Å². The number of hydrogen-bond donors (Lipinski definition) is 0. The van der Waals surface area contributed by atoms with E-state index in [1.54, 1.807) is 0 Å². The zero-order valence-electron chi connectivity index (χ0n) is 12.9. The Morgan fingerprint density at radius 1 is 0.700 bits per heavy atom. The topological polar surface area (TPSA) is 52.6 Å². The Morgan fingerprint density at radius 2 is 1.05 bits per heavy atom. The molecule has 116 valence electrons. The summed E-state index contributed by atoms with van der Waals surface area (Å²) in [6.45, 7) is 4.49. The average Bonchev–Trinajstić information content (AvgIpc) is 2.40. The van der Waals surface area contributed by atoms with Crippen molar-refractivity contribution in [3.63, 3.8) is 0 Å². The number of rotatable bonds is 0. The van der Waals surface area contributed by atoms with Crippen LogP contribution in [0.2, 0.25) is 0 Å². The molecule has 0 amide bonds. The first-order valence-electron chi connectivity index (χ1n) is 7.81. The molecule has 4 heteroatoms. The molecule has 0 saturated carbocycles. The van der Waals surface area contributed by atoms with Crippen molar-refractivity contribution < 1.29 is 19.1 Å². The van der Waals surface area contributed by atoms with E-state index in [1.807, 2.05) is 13.8 Å². The van der Waals surface area contributed by atoms with Crippen molar-refractivity contribution >= 4 is 11.9 Å². The van der Waals surface area contributed by atoms with Gasteiger partial charge in [0.2, 0.25) is 0 Å². The molecule has 0 spiro atoms. The zero-order valence-corrected chi connectivity index (χ0v) is 12.9. The van der Waals surface area contributed by atoms with E-state index in [9.17, 15) is 9.59 Å². The summed E-state index contributed by atoms with van der Waals surface area (Å²) < 4.78 is 10.5. The summed E-state index contributed by atoms with van der Waals surface area (Å²) in [6.07, 6.45) is 8.47. The van der Waals surface area contributed by atoms with Gasteiger partial charge in [-0.1, -0.05) is 46.0 Å². The molecule has 1 heterocycles. The van der Waals surface area contributed by atoms with Gasteiger partial charge in [-0.25, -0.2) is 0 Å². The molecule has 20 heavy (non-hydrogen) atoms. The Hall–Kier alpha value is -1.06. The number of cyclic esters (lactones) is 2. The summed E-state index contributed by atoms with van der Waals surface area (Å²) in [6, 6.07) is 0. The molecule has 0 bridgehead atoms. The Morgan fingerprint density at radius 3 is 1.45 bits per heavy atom. The summed E-state index contributed by atoms with van der Waals surface area (Å²) >= 11 is 0. The van der Waals surface area contributed by atoms with E-state index in [1.165, 1.54) is 6.42 Å². The average molecular weight is 284 g/mol. The van der Waals surface area contributed by atoms with Crippen LogP contribution < -0.4 is 0 Å². The lowest BCUT2D eigenvalue weighted by molar-refractivity contribution is -0.152. The Bertz CT molecular complexity index is 282. The summed E-state index contributed by atoms with van der Waals surface area (Å²) in [5.74, 6) is -0.284. The minimum atomic E-state index is -0.317. The number of hydrogen-bond acceptors (Lipinski definition) is 4. The Balaban J connectivity index is 2.42. The highest BCUT2D eigenvalue weighted by molar-refractivity contribution is 5.69. The number of carbonyl (C=O) groups excluding carboxylic acids is 2. The smallest absolute Gasteiger partial charge is 0.305 e. The molecule has 1 saturated heterocycles. The summed E-state index contributed by atoms with van der Waals surface area (Å²) in [7, 11) is 0. The first-order valence-corrected chi connectivity index (χ1v) is 7.81. The third-order valence-electron chi connectivity index (χ3n) is 3.51. The number of ether oxygens (including phenoxy) is 2. The van der Waals surface area contributed by atoms with Crippen molar-refractivity contribution in [3.05, 3.63) is 0 Å². The van der Waals surface area contributed by atoms with Crippen LogP contribution in [0.4, 0.5) is 0 Å². The molecule has 0 atom stereocenters. The molecular weight excluding hydrogens is 256 g/mol. The second-order valence-electron chi connectivity index (χ2n) is 6.46. The van der Waals surface area contributed by atoms with E-state index >= 15 is 0 Å². The molecule has 0 unspecified atom stereocenters. The number of carbonyl (C=O) groups is 2. The van der Waals surface area contributed by atoms with Gasteiger partial charge in [0, 0.05) is 18.3 Å². The molecule has 0 radical (unpaired) electrons. The van der Waals surface area contributed by atoms with Crippen molar-refractivity contribution in [2.24, 2.45) is 5.41 Å². The second-order valence-corrected chi connectivity index (χ2v) is 6.46. The first kappa shape index (κ1) is 17.0. The molecule has 1 fully saturated rings. The van der Waals surface area contributed by atoms with Crippen LogP contribution in [0.5, 0.6) is 0 Å². The maximum absolute atomic E-state index is 11.6. The fourth-order valence-corrected chi connectivity index (χ4v) is 2.16. The fourth-order valence-electron chi connectivity index (χ4n) is 2.16. The summed E-state index contributed by atoms with van der Waals surface area (Å²) in [5.41, 5.74) is -0.317. The molecule has 1 aliphatic heterocycles. The highest BCUT2D eigenvalue weighted by atomic mass is 16.5. The van der Waals surface area contributed by atoms with Crippen molar-refractivity contribution in [2.45, 2.75) is 71.6 Å². The van der Waals surface area contributed by atoms with Crippen LogP contribution in [0.3, 0.4) is 0 Å². The van der Waals surface area contributed by atoms with Gasteiger partial charge in [-0.2, -0.15) is 0 Å². The van der Waals surface area contributed by atoms with Gasteiger partial charge in [0.05, 0.1) is 13.2 Å². The van der Waals surface area contributed by atoms with Crippen molar-refractivity contribution in [1.29, 1.82) is 0 Å². The minimum absolute atomic E-state index is 0.142. The van der Waals surface area contributed by atoms with Gasteiger partial charge < -0.3 is 9.47 Å². The zero-order chi connectivity index (χ0) is 14.8. The SMILES string of the molecule is CC1(C)COC(=O)CCCCCCCCCC(=O)OC1. The molecule has 0 N–H and O–H groups in total. The van der Waals surface area contributed by atoms with Crippen molar-refractivity contribution in [3.8, 4) is 0 Å². The predicted octanol–water partition coefficient (Wildman–Crippen LogP) is 3.62. The van der Waals surface area contributed by atoms with Crippen LogP contribution in [-0.4, -0.2) is 25.2 Å². The molecule has 1 aliphatic rings. The van der Waals surface area contributed by atoms with Crippen LogP contribution in [0, 0.1) is 5.41 Å². The molecule has 0 aromatic carbocycles. The van der Waals surface area contributed by atoms with Gasteiger partial charge >= 0.3 is 11.9 Å². The molecular formula is C16H28O4. The molecule has 0 aromatic rings. The van der Waals surface area contributed by atoms with Crippen LogP contribution >= 0.6 is 0 Å². The van der Waals surface area contributed by atoms with Gasteiger partial charge in [0.25, 0.3) is 0 Å². The third kappa shape index (κ3) is 8.18.